The standard InChI is InChI=1S/C21H24BNO5S/c1-15-10-12-16(13-11-15)29(24,25)23-17-8-6-7-9-18(17)26-14-19(23)22-27-20(2,3)21(4,5)28-22/h6-14H,1-5H3. The fraction of sp³-hybridized carbons (Fsp3) is 0.333. The molecule has 29 heavy (non-hydrogen) atoms. The quantitative estimate of drug-likeness (QED) is 0.711. The van der Waals surface area contributed by atoms with Gasteiger partial charge in [-0.1, -0.05) is 29.8 Å². The normalized spacial score (nSPS) is 20.1. The number of para-hydroxylation sites is 2. The van der Waals surface area contributed by atoms with E-state index in [1.165, 1.54) is 10.6 Å². The van der Waals surface area contributed by atoms with Crippen LogP contribution in [-0.2, 0) is 19.3 Å². The summed E-state index contributed by atoms with van der Waals surface area (Å²) < 4.78 is 46.6. The molecule has 0 unspecified atom stereocenters. The van der Waals surface area contributed by atoms with Crippen LogP contribution in [0.25, 0.3) is 0 Å². The van der Waals surface area contributed by atoms with Crippen LogP contribution in [0.2, 0.25) is 0 Å². The molecule has 0 amide bonds. The van der Waals surface area contributed by atoms with Crippen LogP contribution in [-0.4, -0.2) is 26.7 Å². The minimum atomic E-state index is -3.93. The van der Waals surface area contributed by atoms with Crippen molar-refractivity contribution in [2.75, 3.05) is 4.31 Å². The maximum atomic E-state index is 13.7. The predicted octanol–water partition coefficient (Wildman–Crippen LogP) is 4.06. The third-order valence-electron chi connectivity index (χ3n) is 5.68. The summed E-state index contributed by atoms with van der Waals surface area (Å²) in [5.41, 5.74) is 0.444. The zero-order chi connectivity index (χ0) is 21.0. The second-order valence-corrected chi connectivity index (χ2v) is 10.1. The average Bonchev–Trinajstić information content (AvgIpc) is 2.88. The van der Waals surface area contributed by atoms with E-state index in [-0.39, 0.29) is 10.5 Å². The van der Waals surface area contributed by atoms with Gasteiger partial charge in [-0.2, -0.15) is 0 Å². The zero-order valence-electron chi connectivity index (χ0n) is 17.2. The Hall–Kier alpha value is -2.29. The van der Waals surface area contributed by atoms with Gasteiger partial charge in [0.2, 0.25) is 0 Å². The molecule has 8 heteroatoms. The topological polar surface area (TPSA) is 65.1 Å². The lowest BCUT2D eigenvalue weighted by Crippen LogP contribution is -2.41. The van der Waals surface area contributed by atoms with Crippen LogP contribution in [0.1, 0.15) is 33.3 Å². The van der Waals surface area contributed by atoms with Crippen molar-refractivity contribution >= 4 is 22.8 Å². The summed E-state index contributed by atoms with van der Waals surface area (Å²) in [6.07, 6.45) is 1.40. The summed E-state index contributed by atoms with van der Waals surface area (Å²) in [5, 5.41) is 0. The number of anilines is 1. The van der Waals surface area contributed by atoms with Crippen LogP contribution in [0.3, 0.4) is 0 Å². The first-order valence-corrected chi connectivity index (χ1v) is 10.9. The number of hydrogen-bond donors (Lipinski definition) is 0. The van der Waals surface area contributed by atoms with E-state index in [0.717, 1.165) is 5.56 Å². The Kier molecular flexibility index (Phi) is 4.57. The lowest BCUT2D eigenvalue weighted by atomic mass is 9.84. The van der Waals surface area contributed by atoms with E-state index in [0.29, 0.717) is 11.4 Å². The number of hydrogen-bond acceptors (Lipinski definition) is 5. The SMILES string of the molecule is Cc1ccc(S(=O)(=O)N2C(B3OC(C)(C)C(C)(C)O3)=COc3ccccc32)cc1. The van der Waals surface area contributed by atoms with E-state index in [2.05, 4.69) is 0 Å². The lowest BCUT2D eigenvalue weighted by molar-refractivity contribution is 0.00578. The monoisotopic (exact) mass is 413 g/mol. The minimum absolute atomic E-state index is 0.183. The summed E-state index contributed by atoms with van der Waals surface area (Å²) in [4.78, 5) is 0.183. The molecule has 1 saturated heterocycles. The van der Waals surface area contributed by atoms with Crippen molar-refractivity contribution in [1.82, 2.24) is 0 Å². The number of sulfonamides is 1. The Morgan fingerprint density at radius 1 is 0.897 bits per heavy atom. The number of ether oxygens (including phenoxy) is 1. The second kappa shape index (κ2) is 6.62. The predicted molar refractivity (Wildman–Crippen MR) is 112 cm³/mol. The molecule has 0 atom stereocenters. The first kappa shape index (κ1) is 20.0. The molecule has 2 aliphatic rings. The molecule has 0 saturated carbocycles. The maximum Gasteiger partial charge on any atom is 0.516 e. The molecule has 152 valence electrons. The fourth-order valence-electron chi connectivity index (χ4n) is 3.23. The summed E-state index contributed by atoms with van der Waals surface area (Å²) in [5.74, 6) is 0.448. The average molecular weight is 413 g/mol. The van der Waals surface area contributed by atoms with Gasteiger partial charge in [0.15, 0.2) is 5.75 Å². The molecule has 0 bridgehead atoms. The van der Waals surface area contributed by atoms with E-state index >= 15 is 0 Å². The molecule has 6 nitrogen and oxygen atoms in total. The first-order valence-electron chi connectivity index (χ1n) is 9.46. The van der Waals surface area contributed by atoms with Crippen molar-refractivity contribution in [1.29, 1.82) is 0 Å². The Labute approximate surface area is 172 Å². The van der Waals surface area contributed by atoms with Gasteiger partial charge in [-0.15, -0.1) is 0 Å². The van der Waals surface area contributed by atoms with Crippen LogP contribution >= 0.6 is 0 Å². The highest BCUT2D eigenvalue weighted by atomic mass is 32.2. The van der Waals surface area contributed by atoms with Crippen LogP contribution < -0.4 is 9.04 Å². The van der Waals surface area contributed by atoms with Crippen molar-refractivity contribution in [2.45, 2.75) is 50.7 Å². The van der Waals surface area contributed by atoms with E-state index < -0.39 is 28.3 Å². The van der Waals surface area contributed by atoms with Gasteiger partial charge in [-0.05, 0) is 58.9 Å². The van der Waals surface area contributed by atoms with E-state index in [4.69, 9.17) is 14.0 Å². The summed E-state index contributed by atoms with van der Waals surface area (Å²) >= 11 is 0. The number of fused-ring (bicyclic) bond motifs is 1. The van der Waals surface area contributed by atoms with Gasteiger partial charge >= 0.3 is 7.12 Å². The highest BCUT2D eigenvalue weighted by Crippen LogP contribution is 2.44. The largest absolute Gasteiger partial charge is 0.516 e. The Bertz CT molecular complexity index is 1060. The molecule has 0 spiro atoms. The molecule has 0 N–H and O–H groups in total. The van der Waals surface area contributed by atoms with Crippen LogP contribution in [0.4, 0.5) is 5.69 Å². The molecule has 2 aliphatic heterocycles. The van der Waals surface area contributed by atoms with Crippen LogP contribution in [0.15, 0.2) is 65.3 Å². The molecule has 2 aromatic carbocycles. The molecule has 0 aromatic heterocycles. The Morgan fingerprint density at radius 3 is 2.10 bits per heavy atom. The Morgan fingerprint density at radius 2 is 1.48 bits per heavy atom. The van der Waals surface area contributed by atoms with E-state index in [1.807, 2.05) is 34.6 Å². The van der Waals surface area contributed by atoms with Crippen LogP contribution in [0.5, 0.6) is 5.75 Å². The van der Waals surface area contributed by atoms with Crippen molar-refractivity contribution in [3.05, 3.63) is 66.0 Å². The Balaban J connectivity index is 1.84. The third kappa shape index (κ3) is 3.25. The van der Waals surface area contributed by atoms with Crippen molar-refractivity contribution in [2.24, 2.45) is 0 Å². The number of nitrogens with zero attached hydrogens (tertiary/aromatic N) is 1. The molecule has 4 rings (SSSR count). The molecule has 0 aliphatic carbocycles. The number of aryl methyl sites for hydroxylation is 1. The molecule has 2 aromatic rings. The minimum Gasteiger partial charge on any atom is -0.462 e. The summed E-state index contributed by atoms with van der Waals surface area (Å²) in [7, 11) is -4.82. The first-order chi connectivity index (χ1) is 13.5. The van der Waals surface area contributed by atoms with E-state index in [9.17, 15) is 8.42 Å². The van der Waals surface area contributed by atoms with Gasteiger partial charge in [-0.3, -0.25) is 0 Å². The molecular formula is C21H24BNO5S. The van der Waals surface area contributed by atoms with Gasteiger partial charge in [-0.25, -0.2) is 12.7 Å². The van der Waals surface area contributed by atoms with Gasteiger partial charge in [0, 0.05) is 0 Å². The number of rotatable bonds is 3. The molecule has 1 fully saturated rings. The number of benzene rings is 2. The van der Waals surface area contributed by atoms with Crippen molar-refractivity contribution < 1.29 is 22.5 Å². The van der Waals surface area contributed by atoms with Crippen LogP contribution in [0, 0.1) is 6.92 Å². The second-order valence-electron chi connectivity index (χ2n) is 8.30. The van der Waals surface area contributed by atoms with Gasteiger partial charge in [0.05, 0.1) is 21.8 Å². The fourth-order valence-corrected chi connectivity index (χ4v) is 4.74. The zero-order valence-corrected chi connectivity index (χ0v) is 18.0. The molecule has 2 heterocycles. The van der Waals surface area contributed by atoms with Crippen molar-refractivity contribution in [3.8, 4) is 5.75 Å². The highest BCUT2D eigenvalue weighted by molar-refractivity contribution is 7.93. The van der Waals surface area contributed by atoms with Gasteiger partial charge < -0.3 is 14.0 Å². The van der Waals surface area contributed by atoms with E-state index in [1.54, 1.807) is 48.5 Å². The molecular weight excluding hydrogens is 389 g/mol. The van der Waals surface area contributed by atoms with Gasteiger partial charge in [0.25, 0.3) is 10.0 Å². The maximum absolute atomic E-state index is 13.7. The smallest absolute Gasteiger partial charge is 0.462 e. The third-order valence-corrected chi connectivity index (χ3v) is 7.44. The summed E-state index contributed by atoms with van der Waals surface area (Å²) in [6, 6.07) is 13.8. The van der Waals surface area contributed by atoms with Crippen molar-refractivity contribution in [3.63, 3.8) is 0 Å². The van der Waals surface area contributed by atoms with Gasteiger partial charge in [0.1, 0.15) is 11.9 Å². The lowest BCUT2D eigenvalue weighted by Gasteiger charge is -2.32. The highest BCUT2D eigenvalue weighted by Gasteiger charge is 2.55. The molecule has 0 radical (unpaired) electrons. The summed E-state index contributed by atoms with van der Waals surface area (Å²) in [6.45, 7) is 9.60.